The van der Waals surface area contributed by atoms with Crippen LogP contribution in [0.2, 0.25) is 0 Å². The summed E-state index contributed by atoms with van der Waals surface area (Å²) in [5.74, 6) is -1.25. The lowest BCUT2D eigenvalue weighted by atomic mass is 10.1. The van der Waals surface area contributed by atoms with Gasteiger partial charge in [-0.15, -0.1) is 0 Å². The fourth-order valence-corrected chi connectivity index (χ4v) is 5.27. The molecule has 0 radical (unpaired) electrons. The van der Waals surface area contributed by atoms with E-state index in [0.29, 0.717) is 32.6 Å². The molecule has 206 valence electrons. The summed E-state index contributed by atoms with van der Waals surface area (Å²) in [6.45, 7) is 5.90. The van der Waals surface area contributed by atoms with E-state index in [1.54, 1.807) is 42.5 Å². The lowest BCUT2D eigenvalue weighted by Crippen LogP contribution is -2.54. The molecular formula is C29H25Br2N3O6. The molecule has 5 amide bonds. The first-order chi connectivity index (χ1) is 19.1. The minimum atomic E-state index is -0.869. The van der Waals surface area contributed by atoms with E-state index in [1.807, 2.05) is 32.9 Å². The topological polar surface area (TPSA) is 114 Å². The summed E-state index contributed by atoms with van der Waals surface area (Å²) in [6, 6.07) is 14.4. The number of anilines is 2. The molecule has 2 N–H and O–H groups in total. The summed E-state index contributed by atoms with van der Waals surface area (Å²) in [7, 11) is 0. The van der Waals surface area contributed by atoms with Crippen molar-refractivity contribution in [3.8, 4) is 11.5 Å². The Balaban J connectivity index is 1.60. The molecule has 1 aliphatic rings. The van der Waals surface area contributed by atoms with Crippen molar-refractivity contribution in [1.82, 2.24) is 5.32 Å². The average molecular weight is 671 g/mol. The summed E-state index contributed by atoms with van der Waals surface area (Å²) in [5, 5.41) is 4.99. The molecule has 40 heavy (non-hydrogen) atoms. The number of amides is 5. The van der Waals surface area contributed by atoms with Crippen LogP contribution in [-0.4, -0.2) is 37.0 Å². The average Bonchev–Trinajstić information content (AvgIpc) is 2.89. The van der Waals surface area contributed by atoms with Crippen LogP contribution in [0.3, 0.4) is 0 Å². The van der Waals surface area contributed by atoms with Crippen molar-refractivity contribution in [3.63, 3.8) is 0 Å². The predicted octanol–water partition coefficient (Wildman–Crippen LogP) is 5.91. The number of carbonyl (C=O) groups excluding carboxylic acids is 4. The highest BCUT2D eigenvalue weighted by molar-refractivity contribution is 9.11. The molecule has 0 aliphatic carbocycles. The van der Waals surface area contributed by atoms with Gasteiger partial charge in [0.05, 0.1) is 16.8 Å². The molecule has 0 atom stereocenters. The maximum Gasteiger partial charge on any atom is 0.335 e. The zero-order chi connectivity index (χ0) is 29.0. The molecule has 0 spiro atoms. The summed E-state index contributed by atoms with van der Waals surface area (Å²) in [5.41, 5.74) is 3.09. The molecule has 1 fully saturated rings. The first-order valence-electron chi connectivity index (χ1n) is 12.2. The van der Waals surface area contributed by atoms with Gasteiger partial charge in [-0.1, -0.05) is 22.0 Å². The van der Waals surface area contributed by atoms with Gasteiger partial charge in [0.25, 0.3) is 17.7 Å². The minimum absolute atomic E-state index is 0.232. The monoisotopic (exact) mass is 669 g/mol. The number of hydrogen-bond acceptors (Lipinski definition) is 6. The number of imide groups is 2. The number of nitrogens with zero attached hydrogens (tertiary/aromatic N) is 1. The first-order valence-corrected chi connectivity index (χ1v) is 13.8. The second kappa shape index (κ2) is 12.5. The number of aryl methyl sites for hydroxylation is 2. The van der Waals surface area contributed by atoms with Crippen LogP contribution in [-0.2, 0) is 14.4 Å². The van der Waals surface area contributed by atoms with Gasteiger partial charge in [0, 0.05) is 15.7 Å². The Morgan fingerprint density at radius 1 is 0.975 bits per heavy atom. The third-order valence-corrected chi connectivity index (χ3v) is 7.03. The van der Waals surface area contributed by atoms with Crippen LogP contribution in [0, 0.1) is 13.8 Å². The lowest BCUT2D eigenvalue weighted by molar-refractivity contribution is -0.122. The maximum absolute atomic E-state index is 13.4. The molecule has 3 aromatic rings. The van der Waals surface area contributed by atoms with Gasteiger partial charge in [-0.05, 0) is 102 Å². The highest BCUT2D eigenvalue weighted by atomic mass is 79.9. The Labute approximate surface area is 247 Å². The second-order valence-electron chi connectivity index (χ2n) is 8.83. The van der Waals surface area contributed by atoms with Crippen LogP contribution in [0.15, 0.2) is 69.1 Å². The second-order valence-corrected chi connectivity index (χ2v) is 10.6. The van der Waals surface area contributed by atoms with Crippen LogP contribution in [0.4, 0.5) is 16.2 Å². The van der Waals surface area contributed by atoms with Gasteiger partial charge in [0.15, 0.2) is 6.61 Å². The number of barbiturate groups is 1. The van der Waals surface area contributed by atoms with Crippen molar-refractivity contribution in [2.24, 2.45) is 0 Å². The molecular weight excluding hydrogens is 646 g/mol. The van der Waals surface area contributed by atoms with Crippen LogP contribution in [0.5, 0.6) is 11.5 Å². The van der Waals surface area contributed by atoms with E-state index in [0.717, 1.165) is 16.0 Å². The smallest absolute Gasteiger partial charge is 0.335 e. The molecule has 0 saturated carbocycles. The number of ether oxygens (including phenoxy) is 2. The zero-order valence-electron chi connectivity index (χ0n) is 21.8. The fraction of sp³-hybridized carbons (Fsp3) is 0.172. The molecule has 11 heteroatoms. The third kappa shape index (κ3) is 6.60. The van der Waals surface area contributed by atoms with Gasteiger partial charge < -0.3 is 14.8 Å². The Hall–Kier alpha value is -3.96. The molecule has 3 aromatic carbocycles. The van der Waals surface area contributed by atoms with E-state index in [-0.39, 0.29) is 23.6 Å². The normalized spacial score (nSPS) is 14.3. The maximum atomic E-state index is 13.4. The summed E-state index contributed by atoms with van der Waals surface area (Å²) >= 11 is 6.83. The number of rotatable bonds is 8. The molecule has 0 aromatic heterocycles. The standard InChI is InChI=1S/C29H25Br2N3O6/c1-4-39-22-9-7-21(8-10-22)34-28(37)23(27(36)33-29(34)38)13-18-12-19(30)14-24(31)26(18)40-15-25(35)32-20-6-5-16(2)17(3)11-20/h5-14H,4,15H2,1-3H3,(H,32,35)(H,33,36,38)/b23-13+. The Morgan fingerprint density at radius 3 is 2.38 bits per heavy atom. The van der Waals surface area contributed by atoms with Gasteiger partial charge in [0.2, 0.25) is 0 Å². The van der Waals surface area contributed by atoms with Crippen LogP contribution < -0.4 is 25.0 Å². The van der Waals surface area contributed by atoms with E-state index in [2.05, 4.69) is 42.5 Å². The SMILES string of the molecule is CCOc1ccc(N2C(=O)NC(=O)/C(=C\c3cc(Br)cc(Br)c3OCC(=O)Nc3ccc(C)c(C)c3)C2=O)cc1. The number of urea groups is 1. The highest BCUT2D eigenvalue weighted by Gasteiger charge is 2.37. The van der Waals surface area contributed by atoms with E-state index < -0.39 is 23.8 Å². The molecule has 1 saturated heterocycles. The van der Waals surface area contributed by atoms with Crippen molar-refractivity contribution in [1.29, 1.82) is 0 Å². The zero-order valence-corrected chi connectivity index (χ0v) is 25.0. The molecule has 1 aliphatic heterocycles. The number of carbonyl (C=O) groups is 4. The largest absolute Gasteiger partial charge is 0.494 e. The molecule has 4 rings (SSSR count). The van der Waals surface area contributed by atoms with Gasteiger partial charge >= 0.3 is 6.03 Å². The van der Waals surface area contributed by atoms with Crippen LogP contribution >= 0.6 is 31.9 Å². The van der Waals surface area contributed by atoms with Crippen LogP contribution in [0.25, 0.3) is 6.08 Å². The minimum Gasteiger partial charge on any atom is -0.494 e. The molecule has 1 heterocycles. The van der Waals surface area contributed by atoms with Crippen molar-refractivity contribution in [2.45, 2.75) is 20.8 Å². The van der Waals surface area contributed by atoms with Gasteiger partial charge in [-0.2, -0.15) is 0 Å². The van der Waals surface area contributed by atoms with Gasteiger partial charge in [-0.25, -0.2) is 9.69 Å². The number of hydrogen-bond donors (Lipinski definition) is 2. The van der Waals surface area contributed by atoms with Gasteiger partial charge in [0.1, 0.15) is 17.1 Å². The third-order valence-electron chi connectivity index (χ3n) is 5.98. The van der Waals surface area contributed by atoms with Gasteiger partial charge in [-0.3, -0.25) is 19.7 Å². The fourth-order valence-electron chi connectivity index (χ4n) is 3.90. The number of benzene rings is 3. The lowest BCUT2D eigenvalue weighted by Gasteiger charge is -2.26. The predicted molar refractivity (Wildman–Crippen MR) is 158 cm³/mol. The van der Waals surface area contributed by atoms with Crippen molar-refractivity contribution < 1.29 is 28.7 Å². The molecule has 9 nitrogen and oxygen atoms in total. The number of nitrogens with one attached hydrogen (secondary N) is 2. The Bertz CT molecular complexity index is 1540. The van der Waals surface area contributed by atoms with Crippen molar-refractivity contribution >= 4 is 73.1 Å². The molecule has 0 bridgehead atoms. The summed E-state index contributed by atoms with van der Waals surface area (Å²) in [4.78, 5) is 52.2. The summed E-state index contributed by atoms with van der Waals surface area (Å²) in [6.07, 6.45) is 1.32. The van der Waals surface area contributed by atoms with Crippen molar-refractivity contribution in [2.75, 3.05) is 23.4 Å². The van der Waals surface area contributed by atoms with E-state index >= 15 is 0 Å². The van der Waals surface area contributed by atoms with Crippen molar-refractivity contribution in [3.05, 3.63) is 85.8 Å². The first kappa shape index (κ1) is 29.0. The molecule has 0 unspecified atom stereocenters. The van der Waals surface area contributed by atoms with E-state index in [1.165, 1.54) is 6.08 Å². The van der Waals surface area contributed by atoms with E-state index in [9.17, 15) is 19.2 Å². The summed E-state index contributed by atoms with van der Waals surface area (Å²) < 4.78 is 12.4. The van der Waals surface area contributed by atoms with E-state index in [4.69, 9.17) is 9.47 Å². The number of halogens is 2. The van der Waals surface area contributed by atoms with Crippen LogP contribution in [0.1, 0.15) is 23.6 Å². The Kier molecular flexibility index (Phi) is 9.06. The quantitative estimate of drug-likeness (QED) is 0.228. The highest BCUT2D eigenvalue weighted by Crippen LogP contribution is 2.35. The Morgan fingerprint density at radius 2 is 1.70 bits per heavy atom.